The topological polar surface area (TPSA) is 20.2 Å². The fraction of sp³-hybridized carbons (Fsp3) is 0.800. The Labute approximate surface area is 131 Å². The molecule has 2 aliphatic carbocycles. The highest BCUT2D eigenvalue weighted by Gasteiger charge is 2.57. The summed E-state index contributed by atoms with van der Waals surface area (Å²) in [5, 5.41) is 11.0. The zero-order chi connectivity index (χ0) is 15.9. The zero-order valence-electron chi connectivity index (χ0n) is 14.7. The van der Waals surface area contributed by atoms with Crippen molar-refractivity contribution in [1.29, 1.82) is 0 Å². The van der Waals surface area contributed by atoms with Crippen LogP contribution in [0.1, 0.15) is 73.1 Å². The lowest BCUT2D eigenvalue weighted by Crippen LogP contribution is -2.57. The van der Waals surface area contributed by atoms with Crippen molar-refractivity contribution >= 4 is 0 Å². The van der Waals surface area contributed by atoms with Gasteiger partial charge in [-0.15, -0.1) is 0 Å². The minimum atomic E-state index is -0.531. The Balaban J connectivity index is 2.35. The molecule has 2 rings (SSSR count). The molecule has 0 saturated heterocycles. The highest BCUT2D eigenvalue weighted by molar-refractivity contribution is 5.15. The molecule has 0 bridgehead atoms. The van der Waals surface area contributed by atoms with Crippen molar-refractivity contribution in [2.75, 3.05) is 0 Å². The van der Waals surface area contributed by atoms with Gasteiger partial charge < -0.3 is 5.11 Å². The predicted octanol–water partition coefficient (Wildman–Crippen LogP) is 5.50. The van der Waals surface area contributed by atoms with Crippen LogP contribution in [0.4, 0.5) is 0 Å². The van der Waals surface area contributed by atoms with E-state index in [-0.39, 0.29) is 5.41 Å². The molecule has 1 nitrogen and oxygen atoms in total. The van der Waals surface area contributed by atoms with Crippen LogP contribution in [0.15, 0.2) is 24.3 Å². The molecule has 21 heavy (non-hydrogen) atoms. The van der Waals surface area contributed by atoms with E-state index in [4.69, 9.17) is 0 Å². The van der Waals surface area contributed by atoms with E-state index in [2.05, 4.69) is 47.3 Å². The minimum Gasteiger partial charge on any atom is -0.390 e. The average Bonchev–Trinajstić information content (AvgIpc) is 2.35. The van der Waals surface area contributed by atoms with Crippen molar-refractivity contribution in [3.05, 3.63) is 24.3 Å². The summed E-state index contributed by atoms with van der Waals surface area (Å²) in [5.74, 6) is 1.10. The van der Waals surface area contributed by atoms with E-state index in [1.165, 1.54) is 31.3 Å². The maximum absolute atomic E-state index is 11.0. The summed E-state index contributed by atoms with van der Waals surface area (Å²) < 4.78 is 0. The van der Waals surface area contributed by atoms with Crippen LogP contribution >= 0.6 is 0 Å². The lowest BCUT2D eigenvalue weighted by atomic mass is 9.45. The van der Waals surface area contributed by atoms with Gasteiger partial charge in [0.1, 0.15) is 0 Å². The third-order valence-corrected chi connectivity index (χ3v) is 6.76. The lowest BCUT2D eigenvalue weighted by molar-refractivity contribution is -0.165. The summed E-state index contributed by atoms with van der Waals surface area (Å²) in [6.45, 7) is 15.4. The van der Waals surface area contributed by atoms with Gasteiger partial charge in [-0.25, -0.2) is 0 Å². The summed E-state index contributed by atoms with van der Waals surface area (Å²) in [5.41, 5.74) is 1.38. The molecule has 0 aliphatic heterocycles. The first kappa shape index (κ1) is 16.8. The summed E-state index contributed by atoms with van der Waals surface area (Å²) in [7, 11) is 0. The summed E-state index contributed by atoms with van der Waals surface area (Å²) in [6.07, 6.45) is 11.2. The van der Waals surface area contributed by atoms with Crippen molar-refractivity contribution in [2.24, 2.45) is 22.7 Å². The summed E-state index contributed by atoms with van der Waals surface area (Å²) in [6, 6.07) is 0. The molecule has 0 radical (unpaired) electrons. The molecule has 2 fully saturated rings. The van der Waals surface area contributed by atoms with Gasteiger partial charge in [-0.3, -0.25) is 0 Å². The van der Waals surface area contributed by atoms with Crippen molar-refractivity contribution in [2.45, 2.75) is 78.7 Å². The maximum atomic E-state index is 11.0. The van der Waals surface area contributed by atoms with E-state index in [9.17, 15) is 5.11 Å². The number of fused-ring (bicyclic) bond motifs is 1. The van der Waals surface area contributed by atoms with E-state index < -0.39 is 5.60 Å². The van der Waals surface area contributed by atoms with Crippen molar-refractivity contribution in [3.63, 3.8) is 0 Å². The first-order chi connectivity index (χ1) is 9.63. The number of allylic oxidation sites excluding steroid dienone is 3. The molecular formula is C20H34O. The smallest absolute Gasteiger partial charge is 0.0656 e. The van der Waals surface area contributed by atoms with Crippen molar-refractivity contribution in [3.8, 4) is 0 Å². The third-order valence-electron chi connectivity index (χ3n) is 6.76. The molecule has 0 unspecified atom stereocenters. The van der Waals surface area contributed by atoms with Gasteiger partial charge in [0, 0.05) is 0 Å². The van der Waals surface area contributed by atoms with E-state index in [1.54, 1.807) is 0 Å². The summed E-state index contributed by atoms with van der Waals surface area (Å²) in [4.78, 5) is 0. The van der Waals surface area contributed by atoms with Crippen LogP contribution in [0.2, 0.25) is 0 Å². The largest absolute Gasteiger partial charge is 0.390 e. The van der Waals surface area contributed by atoms with Crippen molar-refractivity contribution < 1.29 is 5.11 Å². The standard InChI is InChI=1S/C20H34O/c1-7-15(2)9-10-17-19(5)13-8-12-18(3,4)16(19)11-14-20(17,6)21/h7,9,16-17,21H,1,8,10-14H2,2-6H3/t16-,17+,19-,20+/m0/s1. The monoisotopic (exact) mass is 290 g/mol. The van der Waals surface area contributed by atoms with E-state index in [0.717, 1.165) is 18.8 Å². The van der Waals surface area contributed by atoms with Gasteiger partial charge in [-0.2, -0.15) is 0 Å². The number of hydrogen-bond acceptors (Lipinski definition) is 1. The van der Waals surface area contributed by atoms with Gasteiger partial charge >= 0.3 is 0 Å². The normalized spacial score (nSPS) is 43.2. The molecule has 1 N–H and O–H groups in total. The molecule has 0 heterocycles. The molecular weight excluding hydrogens is 256 g/mol. The van der Waals surface area contributed by atoms with Crippen LogP contribution < -0.4 is 0 Å². The van der Waals surface area contributed by atoms with Crippen LogP contribution in [0.25, 0.3) is 0 Å². The Morgan fingerprint density at radius 2 is 1.86 bits per heavy atom. The molecule has 1 heteroatoms. The van der Waals surface area contributed by atoms with Gasteiger partial charge in [0.15, 0.2) is 0 Å². The Morgan fingerprint density at radius 3 is 2.48 bits per heavy atom. The van der Waals surface area contributed by atoms with E-state index >= 15 is 0 Å². The van der Waals surface area contributed by atoms with Crippen LogP contribution in [-0.2, 0) is 0 Å². The number of hydrogen-bond donors (Lipinski definition) is 1. The summed E-state index contributed by atoms with van der Waals surface area (Å²) >= 11 is 0. The highest BCUT2D eigenvalue weighted by Crippen LogP contribution is 2.62. The van der Waals surface area contributed by atoms with Gasteiger partial charge in [0.2, 0.25) is 0 Å². The Kier molecular flexibility index (Phi) is 4.46. The van der Waals surface area contributed by atoms with E-state index in [0.29, 0.717) is 11.3 Å². The number of aliphatic hydroxyl groups is 1. The van der Waals surface area contributed by atoms with Gasteiger partial charge in [-0.1, -0.05) is 51.5 Å². The predicted molar refractivity (Wildman–Crippen MR) is 91.1 cm³/mol. The molecule has 0 aromatic heterocycles. The molecule has 0 aromatic rings. The second-order valence-corrected chi connectivity index (χ2v) is 8.74. The molecule has 2 saturated carbocycles. The van der Waals surface area contributed by atoms with Crippen LogP contribution in [0, 0.1) is 22.7 Å². The first-order valence-corrected chi connectivity index (χ1v) is 8.65. The van der Waals surface area contributed by atoms with Crippen LogP contribution in [0.3, 0.4) is 0 Å². The third kappa shape index (κ3) is 2.99. The fourth-order valence-electron chi connectivity index (χ4n) is 5.53. The van der Waals surface area contributed by atoms with E-state index in [1.807, 2.05) is 6.08 Å². The maximum Gasteiger partial charge on any atom is 0.0656 e. The second kappa shape index (κ2) is 5.57. The fourth-order valence-corrected chi connectivity index (χ4v) is 5.53. The molecule has 0 aromatic carbocycles. The van der Waals surface area contributed by atoms with Crippen LogP contribution in [0.5, 0.6) is 0 Å². The molecule has 0 amide bonds. The quantitative estimate of drug-likeness (QED) is 0.680. The Bertz CT molecular complexity index is 429. The minimum absolute atomic E-state index is 0.265. The first-order valence-electron chi connectivity index (χ1n) is 8.65. The molecule has 4 atom stereocenters. The highest BCUT2D eigenvalue weighted by atomic mass is 16.3. The second-order valence-electron chi connectivity index (χ2n) is 8.74. The van der Waals surface area contributed by atoms with Crippen LogP contribution in [-0.4, -0.2) is 10.7 Å². The lowest BCUT2D eigenvalue weighted by Gasteiger charge is -2.61. The van der Waals surface area contributed by atoms with Gasteiger partial charge in [0.25, 0.3) is 0 Å². The Hall–Kier alpha value is -0.560. The van der Waals surface area contributed by atoms with Crippen molar-refractivity contribution in [1.82, 2.24) is 0 Å². The SMILES string of the molecule is C=CC(C)=CC[C@@H]1[C@@]2(C)CCCC(C)(C)[C@@H]2CC[C@@]1(C)O. The van der Waals surface area contributed by atoms with Gasteiger partial charge in [0.05, 0.1) is 5.60 Å². The average molecular weight is 290 g/mol. The zero-order valence-corrected chi connectivity index (χ0v) is 14.7. The number of rotatable bonds is 3. The van der Waals surface area contributed by atoms with Gasteiger partial charge in [-0.05, 0) is 68.6 Å². The Morgan fingerprint density at radius 1 is 1.19 bits per heavy atom. The molecule has 120 valence electrons. The molecule has 2 aliphatic rings. The molecule has 0 spiro atoms.